The van der Waals surface area contributed by atoms with Gasteiger partial charge in [-0.2, -0.15) is 15.5 Å². The van der Waals surface area contributed by atoms with Crippen LogP contribution in [0.4, 0.5) is 0 Å². The molecule has 6 aromatic rings. The van der Waals surface area contributed by atoms with Crippen molar-refractivity contribution in [1.29, 1.82) is 0 Å². The van der Waals surface area contributed by atoms with E-state index >= 15 is 0 Å². The Hall–Kier alpha value is -3.31. The fraction of sp³-hybridized carbons (Fsp3) is 0.267. The summed E-state index contributed by atoms with van der Waals surface area (Å²) in [6.45, 7) is 7.99. The zero-order chi connectivity index (χ0) is 35.9. The Morgan fingerprint density at radius 1 is 0.600 bits per heavy atom. The predicted molar refractivity (Wildman–Crippen MR) is 195 cm³/mol. The van der Waals surface area contributed by atoms with E-state index in [2.05, 4.69) is 61.6 Å². The van der Waals surface area contributed by atoms with Crippen LogP contribution in [-0.2, 0) is 12.8 Å². The summed E-state index contributed by atoms with van der Waals surface area (Å²) in [5, 5.41) is 46.0. The normalized spacial score (nSPS) is 11.3. The first-order chi connectivity index (χ1) is 23.9. The second-order valence-corrected chi connectivity index (χ2v) is 15.3. The van der Waals surface area contributed by atoms with E-state index in [9.17, 15) is 4.79 Å². The largest absolute Gasteiger partial charge is 0.268 e. The van der Waals surface area contributed by atoms with Crippen molar-refractivity contribution in [2.24, 2.45) is 0 Å². The Kier molecular flexibility index (Phi) is 13.1. The van der Waals surface area contributed by atoms with Crippen molar-refractivity contribution in [2.75, 3.05) is 0 Å². The van der Waals surface area contributed by atoms with Crippen LogP contribution < -0.4 is 5.56 Å². The molecule has 0 unspecified atom stereocenters. The molecule has 13 nitrogen and oxygen atoms in total. The Morgan fingerprint density at radius 3 is 1.50 bits per heavy atom. The molecule has 4 aromatic heterocycles. The molecule has 0 saturated heterocycles. The van der Waals surface area contributed by atoms with Crippen molar-refractivity contribution in [3.8, 4) is 0 Å². The number of H-pyrrole nitrogens is 3. The number of tetrazole rings is 2. The third kappa shape index (κ3) is 9.93. The van der Waals surface area contributed by atoms with E-state index in [-0.39, 0.29) is 17.4 Å². The second-order valence-electron chi connectivity index (χ2n) is 11.2. The predicted octanol–water partition coefficient (Wildman–Crippen LogP) is 8.27. The lowest BCUT2D eigenvalue weighted by atomic mass is 10.1. The molecular weight excluding hydrogens is 786 g/mol. The first-order valence-corrected chi connectivity index (χ1v) is 18.3. The Balaban J connectivity index is 0.000000194. The zero-order valence-electron chi connectivity index (χ0n) is 26.7. The first-order valence-electron chi connectivity index (χ1n) is 14.8. The fourth-order valence-electron chi connectivity index (χ4n) is 4.42. The van der Waals surface area contributed by atoms with Crippen LogP contribution >= 0.6 is 81.5 Å². The van der Waals surface area contributed by atoms with Crippen LogP contribution in [0, 0.1) is 0 Å². The van der Waals surface area contributed by atoms with Gasteiger partial charge < -0.3 is 0 Å². The molecule has 260 valence electrons. The minimum atomic E-state index is -0.188. The van der Waals surface area contributed by atoms with Gasteiger partial charge in [-0.05, 0) is 64.9 Å². The number of aromatic nitrogens is 12. The van der Waals surface area contributed by atoms with Crippen molar-refractivity contribution in [3.63, 3.8) is 0 Å². The summed E-state index contributed by atoms with van der Waals surface area (Å²) in [5.41, 5.74) is 3.18. The maximum atomic E-state index is 11.8. The van der Waals surface area contributed by atoms with Crippen LogP contribution in [0.3, 0.4) is 0 Å². The van der Waals surface area contributed by atoms with Crippen molar-refractivity contribution in [3.05, 3.63) is 106 Å². The zero-order valence-corrected chi connectivity index (χ0v) is 32.1. The third-order valence-corrected chi connectivity index (χ3v) is 10.9. The number of aromatic amines is 3. The lowest BCUT2D eigenvalue weighted by Crippen LogP contribution is -2.15. The molecule has 50 heavy (non-hydrogen) atoms. The van der Waals surface area contributed by atoms with E-state index < -0.39 is 0 Å². The standard InChI is InChI=1S/C15H13Cl3N6S.C15H14Cl2N6OS/c1-7(2)9-6-13(21-22-15(9)18)25-14-10(16)3-8(4-11(14)17)5-12-19-23-24-20-12;1-7(2)9-6-13(20-21-15(9)24)25-14-10(16)3-8(4-11(14)17)5-12-18-22-23-19-12/h3-4,6-7H,5H2,1-2H3,(H,19,20,23,24);3-4,6-7H,5H2,1-2H3,(H,21,24)(H,18,19,22,23). The monoisotopic (exact) mass is 810 g/mol. The van der Waals surface area contributed by atoms with Gasteiger partial charge in [-0.15, -0.1) is 30.6 Å². The maximum Gasteiger partial charge on any atom is 0.267 e. The molecule has 0 bridgehead atoms. The van der Waals surface area contributed by atoms with Gasteiger partial charge in [0, 0.05) is 18.4 Å². The van der Waals surface area contributed by atoms with Gasteiger partial charge in [0.1, 0.15) is 10.1 Å². The number of benzene rings is 2. The summed E-state index contributed by atoms with van der Waals surface area (Å²) in [4.78, 5) is 13.2. The number of nitrogens with one attached hydrogen (secondary N) is 3. The molecule has 0 amide bonds. The Bertz CT molecular complexity index is 2080. The van der Waals surface area contributed by atoms with Gasteiger partial charge in [-0.3, -0.25) is 4.79 Å². The SMILES string of the molecule is CC(C)c1cc(Sc2c(Cl)cc(Cc3nn[nH]n3)cc2Cl)n[nH]c1=O.CC(C)c1cc(Sc2c(Cl)cc(Cc3nn[nH]n3)cc2Cl)nnc1Cl. The molecule has 0 saturated carbocycles. The molecule has 0 aliphatic carbocycles. The van der Waals surface area contributed by atoms with E-state index in [1.165, 1.54) is 23.5 Å². The van der Waals surface area contributed by atoms with Gasteiger partial charge >= 0.3 is 0 Å². The minimum absolute atomic E-state index is 0.0920. The van der Waals surface area contributed by atoms with Crippen molar-refractivity contribution >= 4 is 81.5 Å². The average molecular weight is 813 g/mol. The molecule has 0 radical (unpaired) electrons. The van der Waals surface area contributed by atoms with Crippen LogP contribution in [0.1, 0.15) is 73.4 Å². The van der Waals surface area contributed by atoms with Crippen molar-refractivity contribution in [1.82, 2.24) is 61.6 Å². The molecule has 0 spiro atoms. The van der Waals surface area contributed by atoms with Crippen LogP contribution in [0.25, 0.3) is 0 Å². The van der Waals surface area contributed by atoms with Crippen molar-refractivity contribution in [2.45, 2.75) is 72.2 Å². The van der Waals surface area contributed by atoms with Crippen LogP contribution in [0.2, 0.25) is 25.2 Å². The maximum absolute atomic E-state index is 11.8. The summed E-state index contributed by atoms with van der Waals surface area (Å²) < 4.78 is 0. The molecular formula is C30H27Cl5N12OS2. The smallest absolute Gasteiger partial charge is 0.267 e. The molecule has 2 aromatic carbocycles. The number of hydrogen-bond donors (Lipinski definition) is 3. The van der Waals surface area contributed by atoms with E-state index in [0.717, 1.165) is 16.7 Å². The van der Waals surface area contributed by atoms with E-state index in [1.807, 2.05) is 45.9 Å². The molecule has 0 fully saturated rings. The van der Waals surface area contributed by atoms with Gasteiger partial charge in [-0.25, -0.2) is 5.10 Å². The van der Waals surface area contributed by atoms with Crippen LogP contribution in [0.15, 0.2) is 61.0 Å². The van der Waals surface area contributed by atoms with E-state index in [0.29, 0.717) is 75.1 Å². The van der Waals surface area contributed by atoms with Crippen molar-refractivity contribution < 1.29 is 0 Å². The van der Waals surface area contributed by atoms with Crippen LogP contribution in [0.5, 0.6) is 0 Å². The number of halogens is 5. The molecule has 3 N–H and O–H groups in total. The molecule has 4 heterocycles. The highest BCUT2D eigenvalue weighted by Crippen LogP contribution is 2.41. The summed E-state index contributed by atoms with van der Waals surface area (Å²) >= 11 is 34.4. The number of rotatable bonds is 10. The van der Waals surface area contributed by atoms with Crippen LogP contribution in [-0.4, -0.2) is 61.6 Å². The second kappa shape index (κ2) is 17.3. The molecule has 20 heteroatoms. The van der Waals surface area contributed by atoms with Gasteiger partial charge in [-0.1, -0.05) is 120 Å². The lowest BCUT2D eigenvalue weighted by Gasteiger charge is -2.11. The van der Waals surface area contributed by atoms with E-state index in [4.69, 9.17) is 58.0 Å². The summed E-state index contributed by atoms with van der Waals surface area (Å²) in [6, 6.07) is 10.9. The molecule has 6 rings (SSSR count). The number of hydrogen-bond acceptors (Lipinski definition) is 12. The summed E-state index contributed by atoms with van der Waals surface area (Å²) in [6.07, 6.45) is 0.953. The van der Waals surface area contributed by atoms with Gasteiger partial charge in [0.15, 0.2) is 16.8 Å². The molecule has 0 aliphatic heterocycles. The van der Waals surface area contributed by atoms with Gasteiger partial charge in [0.25, 0.3) is 5.56 Å². The molecule has 0 atom stereocenters. The first kappa shape index (κ1) is 37.9. The van der Waals surface area contributed by atoms with Gasteiger partial charge in [0.2, 0.25) is 0 Å². The highest BCUT2D eigenvalue weighted by molar-refractivity contribution is 7.99. The van der Waals surface area contributed by atoms with E-state index in [1.54, 1.807) is 18.2 Å². The quantitative estimate of drug-likeness (QED) is 0.121. The Labute approximate surface area is 319 Å². The highest BCUT2D eigenvalue weighted by Gasteiger charge is 2.17. The fourth-order valence-corrected chi connectivity index (χ4v) is 7.85. The lowest BCUT2D eigenvalue weighted by molar-refractivity contribution is 0.791. The number of nitrogens with zero attached hydrogens (tertiary/aromatic N) is 9. The summed E-state index contributed by atoms with van der Waals surface area (Å²) in [5.74, 6) is 1.45. The Morgan fingerprint density at radius 2 is 1.06 bits per heavy atom. The molecule has 0 aliphatic rings. The average Bonchev–Trinajstić information content (AvgIpc) is 3.77. The topological polar surface area (TPSA) is 180 Å². The highest BCUT2D eigenvalue weighted by atomic mass is 35.5. The summed E-state index contributed by atoms with van der Waals surface area (Å²) in [7, 11) is 0. The van der Waals surface area contributed by atoms with Gasteiger partial charge in [0.05, 0.1) is 29.9 Å². The minimum Gasteiger partial charge on any atom is -0.268 e. The third-order valence-electron chi connectivity index (χ3n) is 6.84.